The van der Waals surface area contributed by atoms with Crippen LogP contribution in [0.15, 0.2) is 42.5 Å². The van der Waals surface area contributed by atoms with Gasteiger partial charge in [0, 0.05) is 13.0 Å². The van der Waals surface area contributed by atoms with Crippen LogP contribution in [0.3, 0.4) is 0 Å². The number of anilines is 2. The van der Waals surface area contributed by atoms with E-state index in [-0.39, 0.29) is 13.0 Å². The zero-order valence-electron chi connectivity index (χ0n) is 14.8. The Hall–Kier alpha value is -3.22. The number of hydrogen-bond acceptors (Lipinski definition) is 5. The number of amides is 1. The van der Waals surface area contributed by atoms with Gasteiger partial charge in [0.25, 0.3) is 0 Å². The average molecular weight is 357 g/mol. The Morgan fingerprint density at radius 1 is 1.15 bits per heavy atom. The number of carbonyl (C=O) groups is 2. The normalized spacial score (nSPS) is 11.6. The van der Waals surface area contributed by atoms with Crippen molar-refractivity contribution in [1.82, 2.24) is 4.90 Å². The van der Waals surface area contributed by atoms with Gasteiger partial charge >= 0.3 is 12.1 Å². The number of ether oxygens (including phenoxy) is 1. The Bertz CT molecular complexity index is 770. The van der Waals surface area contributed by atoms with E-state index in [4.69, 9.17) is 16.2 Å². The van der Waals surface area contributed by atoms with Crippen LogP contribution in [0.2, 0.25) is 0 Å². The summed E-state index contributed by atoms with van der Waals surface area (Å²) in [5.41, 5.74) is 14.9. The lowest BCUT2D eigenvalue weighted by Gasteiger charge is -2.28. The summed E-state index contributed by atoms with van der Waals surface area (Å²) in [6, 6.07) is 11.5. The van der Waals surface area contributed by atoms with Crippen LogP contribution in [0.5, 0.6) is 0 Å². The highest BCUT2D eigenvalue weighted by Gasteiger charge is 2.31. The van der Waals surface area contributed by atoms with Crippen molar-refractivity contribution >= 4 is 23.4 Å². The van der Waals surface area contributed by atoms with Gasteiger partial charge < -0.3 is 21.3 Å². The van der Waals surface area contributed by atoms with Crippen molar-refractivity contribution in [1.29, 1.82) is 0 Å². The molecule has 0 saturated heterocycles. The van der Waals surface area contributed by atoms with E-state index in [0.717, 1.165) is 16.0 Å². The molecular weight excluding hydrogens is 334 g/mol. The lowest BCUT2D eigenvalue weighted by molar-refractivity contribution is -0.146. The molecule has 0 saturated carbocycles. The predicted molar refractivity (Wildman–Crippen MR) is 99.5 cm³/mol. The summed E-state index contributed by atoms with van der Waals surface area (Å²) in [4.78, 5) is 25.2. The molecule has 0 aromatic heterocycles. The van der Waals surface area contributed by atoms with Gasteiger partial charge in [-0.1, -0.05) is 36.4 Å². The molecule has 2 aromatic carbocycles. The number of nitrogen functional groups attached to an aromatic ring is 2. The Morgan fingerprint density at radius 3 is 2.35 bits per heavy atom. The summed E-state index contributed by atoms with van der Waals surface area (Å²) in [5.74, 6) is -0.628. The van der Waals surface area contributed by atoms with Crippen LogP contribution in [-0.4, -0.2) is 35.2 Å². The van der Waals surface area contributed by atoms with Crippen molar-refractivity contribution in [3.05, 3.63) is 59.2 Å². The third kappa shape index (κ3) is 4.44. The second-order valence-electron chi connectivity index (χ2n) is 6.05. The van der Waals surface area contributed by atoms with E-state index in [9.17, 15) is 14.7 Å². The highest BCUT2D eigenvalue weighted by molar-refractivity contribution is 5.81. The minimum absolute atomic E-state index is 0.0688. The number of carboxylic acid groups (broad SMARTS) is 1. The minimum atomic E-state index is -1.20. The number of benzene rings is 2. The largest absolute Gasteiger partial charge is 0.467 e. The van der Waals surface area contributed by atoms with Crippen molar-refractivity contribution in [2.75, 3.05) is 18.6 Å². The van der Waals surface area contributed by atoms with Crippen molar-refractivity contribution in [2.45, 2.75) is 25.9 Å². The second kappa shape index (κ2) is 8.24. The number of nitrogens with zero attached hydrogens (tertiary/aromatic N) is 1. The first-order chi connectivity index (χ1) is 12.3. The Labute approximate surface area is 152 Å². The van der Waals surface area contributed by atoms with E-state index in [0.29, 0.717) is 16.9 Å². The molecule has 0 aliphatic heterocycles. The third-order valence-electron chi connectivity index (χ3n) is 4.20. The first-order valence-electron chi connectivity index (χ1n) is 8.09. The van der Waals surface area contributed by atoms with E-state index in [1.54, 1.807) is 31.2 Å². The highest BCUT2D eigenvalue weighted by Crippen LogP contribution is 2.24. The molecule has 138 valence electrons. The SMILES string of the molecule is COC(=O)[C@@H](Cc1cc(C)c(N)c(N)c1)N(Cc1ccccc1)C(=O)O. The topological polar surface area (TPSA) is 119 Å². The number of hydrogen-bond donors (Lipinski definition) is 3. The van der Waals surface area contributed by atoms with E-state index >= 15 is 0 Å². The number of aryl methyl sites for hydroxylation is 1. The maximum atomic E-state index is 12.3. The van der Waals surface area contributed by atoms with Crippen molar-refractivity contribution in [3.8, 4) is 0 Å². The Morgan fingerprint density at radius 2 is 1.81 bits per heavy atom. The average Bonchev–Trinajstić information content (AvgIpc) is 2.62. The molecule has 0 aliphatic carbocycles. The maximum absolute atomic E-state index is 12.3. The number of methoxy groups -OCH3 is 1. The highest BCUT2D eigenvalue weighted by atomic mass is 16.5. The molecule has 1 atom stereocenters. The summed E-state index contributed by atoms with van der Waals surface area (Å²) < 4.78 is 4.84. The predicted octanol–water partition coefficient (Wildman–Crippen LogP) is 2.42. The fourth-order valence-corrected chi connectivity index (χ4v) is 2.79. The summed E-state index contributed by atoms with van der Waals surface area (Å²) in [6.07, 6.45) is -1.07. The molecule has 26 heavy (non-hydrogen) atoms. The minimum Gasteiger partial charge on any atom is -0.467 e. The Kier molecular flexibility index (Phi) is 6.06. The fraction of sp³-hybridized carbons (Fsp3) is 0.263. The van der Waals surface area contributed by atoms with Gasteiger partial charge in [-0.2, -0.15) is 0 Å². The standard InChI is InChI=1S/C19H23N3O4/c1-12-8-14(9-15(20)17(12)21)10-16(18(23)26-2)22(19(24)25)11-13-6-4-3-5-7-13/h3-9,16H,10-11,20-21H2,1-2H3,(H,24,25)/t16-/m1/s1. The zero-order chi connectivity index (χ0) is 19.3. The van der Waals surface area contributed by atoms with Gasteiger partial charge in [0.2, 0.25) is 0 Å². The quantitative estimate of drug-likeness (QED) is 0.540. The van der Waals surface area contributed by atoms with E-state index in [1.807, 2.05) is 18.2 Å². The van der Waals surface area contributed by atoms with E-state index in [2.05, 4.69) is 0 Å². The first-order valence-corrected chi connectivity index (χ1v) is 8.09. The second-order valence-corrected chi connectivity index (χ2v) is 6.05. The molecule has 0 bridgehead atoms. The van der Waals surface area contributed by atoms with Crippen LogP contribution in [-0.2, 0) is 22.5 Å². The van der Waals surface area contributed by atoms with Gasteiger partial charge in [-0.25, -0.2) is 9.59 Å². The van der Waals surface area contributed by atoms with Crippen molar-refractivity contribution in [3.63, 3.8) is 0 Å². The van der Waals surface area contributed by atoms with E-state index < -0.39 is 18.1 Å². The molecule has 2 aromatic rings. The molecule has 0 spiro atoms. The fourth-order valence-electron chi connectivity index (χ4n) is 2.79. The molecule has 2 rings (SSSR count). The van der Waals surface area contributed by atoms with Crippen LogP contribution in [0, 0.1) is 6.92 Å². The summed E-state index contributed by atoms with van der Waals surface area (Å²) in [5, 5.41) is 9.65. The molecular formula is C19H23N3O4. The van der Waals surface area contributed by atoms with Crippen LogP contribution >= 0.6 is 0 Å². The van der Waals surface area contributed by atoms with Crippen LogP contribution < -0.4 is 11.5 Å². The molecule has 0 unspecified atom stereocenters. The van der Waals surface area contributed by atoms with E-state index in [1.165, 1.54) is 7.11 Å². The first kappa shape index (κ1) is 19.1. The molecule has 0 aliphatic rings. The van der Waals surface area contributed by atoms with Crippen molar-refractivity contribution < 1.29 is 19.4 Å². The zero-order valence-corrected chi connectivity index (χ0v) is 14.8. The monoisotopic (exact) mass is 357 g/mol. The van der Waals surface area contributed by atoms with Gasteiger partial charge in [-0.05, 0) is 29.7 Å². The van der Waals surface area contributed by atoms with Crippen molar-refractivity contribution in [2.24, 2.45) is 0 Å². The number of esters is 1. The van der Waals surface area contributed by atoms with Crippen LogP contribution in [0.1, 0.15) is 16.7 Å². The van der Waals surface area contributed by atoms with Gasteiger partial charge in [-0.3, -0.25) is 4.90 Å². The number of nitrogens with two attached hydrogens (primary N) is 2. The lowest BCUT2D eigenvalue weighted by Crippen LogP contribution is -2.46. The van der Waals surface area contributed by atoms with Crippen LogP contribution in [0.4, 0.5) is 16.2 Å². The molecule has 1 amide bonds. The maximum Gasteiger partial charge on any atom is 0.408 e. The third-order valence-corrected chi connectivity index (χ3v) is 4.20. The molecule has 0 fully saturated rings. The number of rotatable bonds is 6. The molecule has 5 N–H and O–H groups in total. The van der Waals surface area contributed by atoms with Gasteiger partial charge in [0.1, 0.15) is 6.04 Å². The summed E-state index contributed by atoms with van der Waals surface area (Å²) in [6.45, 7) is 1.88. The Balaban J connectivity index is 2.35. The smallest absolute Gasteiger partial charge is 0.408 e. The molecule has 0 heterocycles. The van der Waals surface area contributed by atoms with Gasteiger partial charge in [0.05, 0.1) is 18.5 Å². The lowest BCUT2D eigenvalue weighted by atomic mass is 10.00. The van der Waals surface area contributed by atoms with Gasteiger partial charge in [-0.15, -0.1) is 0 Å². The van der Waals surface area contributed by atoms with Crippen LogP contribution in [0.25, 0.3) is 0 Å². The molecule has 7 heteroatoms. The summed E-state index contributed by atoms with van der Waals surface area (Å²) in [7, 11) is 1.24. The van der Waals surface area contributed by atoms with Gasteiger partial charge in [0.15, 0.2) is 0 Å². The molecule has 7 nitrogen and oxygen atoms in total. The number of carbonyl (C=O) groups excluding carboxylic acids is 1. The summed E-state index contributed by atoms with van der Waals surface area (Å²) >= 11 is 0. The molecule has 0 radical (unpaired) electrons.